The van der Waals surface area contributed by atoms with E-state index in [0.29, 0.717) is 0 Å². The molecule has 74 valence electrons. The highest BCUT2D eigenvalue weighted by molar-refractivity contribution is 5.60. The summed E-state index contributed by atoms with van der Waals surface area (Å²) in [4.78, 5) is 0. The van der Waals surface area contributed by atoms with Crippen molar-refractivity contribution in [2.24, 2.45) is 35.5 Å². The minimum Gasteiger partial charge on any atom is -0.398 e. The summed E-state index contributed by atoms with van der Waals surface area (Å²) < 4.78 is 0. The molecule has 1 aromatic rings. The molecule has 0 spiro atoms. The van der Waals surface area contributed by atoms with Crippen molar-refractivity contribution in [3.8, 4) is 0 Å². The third-order valence-corrected chi connectivity index (χ3v) is 6.62. The first-order valence-corrected chi connectivity index (χ1v) is 6.27. The molecule has 0 saturated heterocycles. The maximum atomic E-state index is 6.18. The predicted molar refractivity (Wildman–Crippen MR) is 57.3 cm³/mol. The van der Waals surface area contributed by atoms with Gasteiger partial charge in [0.15, 0.2) is 0 Å². The standard InChI is InChI=1S/C14H13N/c15-6-3-4-1-2-5(6)8-11-9-7(4)10-12(8)14(11)13(9)10/h1-3,7-14H,15H2. The Morgan fingerprint density at radius 2 is 1.47 bits per heavy atom. The normalized spacial score (nSPS) is 62.9. The smallest absolute Gasteiger partial charge is 0.0352 e. The molecule has 2 N–H and O–H groups in total. The fraction of sp³-hybridized carbons (Fsp3) is 0.571. The van der Waals surface area contributed by atoms with E-state index in [-0.39, 0.29) is 0 Å². The van der Waals surface area contributed by atoms with Gasteiger partial charge in [-0.15, -0.1) is 0 Å². The molecule has 4 bridgehead atoms. The molecule has 0 heterocycles. The topological polar surface area (TPSA) is 26.0 Å². The van der Waals surface area contributed by atoms with Gasteiger partial charge in [-0.1, -0.05) is 12.1 Å². The number of anilines is 1. The Morgan fingerprint density at radius 1 is 0.800 bits per heavy atom. The van der Waals surface area contributed by atoms with Crippen molar-refractivity contribution in [2.75, 3.05) is 5.73 Å². The van der Waals surface area contributed by atoms with Crippen molar-refractivity contribution in [3.05, 3.63) is 29.3 Å². The Morgan fingerprint density at radius 3 is 2.13 bits per heavy atom. The van der Waals surface area contributed by atoms with Crippen LogP contribution in [0, 0.1) is 35.5 Å². The summed E-state index contributed by atoms with van der Waals surface area (Å²) >= 11 is 0. The fourth-order valence-corrected chi connectivity index (χ4v) is 6.38. The van der Waals surface area contributed by atoms with E-state index in [9.17, 15) is 0 Å². The summed E-state index contributed by atoms with van der Waals surface area (Å²) in [6.45, 7) is 0. The van der Waals surface area contributed by atoms with Crippen LogP contribution in [-0.2, 0) is 0 Å². The van der Waals surface area contributed by atoms with E-state index in [2.05, 4.69) is 18.2 Å². The molecule has 9 rings (SSSR count). The fourth-order valence-electron chi connectivity index (χ4n) is 6.38. The van der Waals surface area contributed by atoms with Gasteiger partial charge >= 0.3 is 0 Å². The Balaban J connectivity index is 1.76. The van der Waals surface area contributed by atoms with Gasteiger partial charge in [-0.25, -0.2) is 0 Å². The molecule has 4 unspecified atom stereocenters. The van der Waals surface area contributed by atoms with Crippen LogP contribution in [0.25, 0.3) is 0 Å². The van der Waals surface area contributed by atoms with Crippen LogP contribution in [0.3, 0.4) is 0 Å². The molecule has 4 fully saturated rings. The first kappa shape index (κ1) is 6.57. The van der Waals surface area contributed by atoms with Crippen molar-refractivity contribution in [3.63, 3.8) is 0 Å². The van der Waals surface area contributed by atoms with E-state index in [1.54, 1.807) is 5.56 Å². The zero-order valence-corrected chi connectivity index (χ0v) is 8.43. The van der Waals surface area contributed by atoms with Crippen molar-refractivity contribution in [1.82, 2.24) is 0 Å². The molecule has 0 radical (unpaired) electrons. The molecule has 1 heteroatoms. The quantitative estimate of drug-likeness (QED) is 0.631. The Bertz CT molecular complexity index is 514. The lowest BCUT2D eigenvalue weighted by Crippen LogP contribution is -2.86. The molecular weight excluding hydrogens is 182 g/mol. The molecule has 0 aromatic heterocycles. The van der Waals surface area contributed by atoms with Crippen molar-refractivity contribution < 1.29 is 0 Å². The minimum atomic E-state index is 0.876. The maximum absolute atomic E-state index is 6.18. The second kappa shape index (κ2) is 1.53. The van der Waals surface area contributed by atoms with Gasteiger partial charge in [0.25, 0.3) is 0 Å². The van der Waals surface area contributed by atoms with Crippen molar-refractivity contribution >= 4 is 5.69 Å². The molecule has 0 amide bonds. The second-order valence-corrected chi connectivity index (χ2v) is 6.40. The third kappa shape index (κ3) is 0.386. The molecule has 1 nitrogen and oxygen atoms in total. The van der Waals surface area contributed by atoms with Crippen LogP contribution >= 0.6 is 0 Å². The monoisotopic (exact) mass is 195 g/mol. The average Bonchev–Trinajstić information content (AvgIpc) is 2.26. The Hall–Kier alpha value is -0.980. The molecule has 0 aliphatic heterocycles. The SMILES string of the molecule is Nc1cc2ccc1C1C3C4C2C2C1C3C42. The summed E-state index contributed by atoms with van der Waals surface area (Å²) in [7, 11) is 0. The summed E-state index contributed by atoms with van der Waals surface area (Å²) in [5.74, 6) is 8.37. The van der Waals surface area contributed by atoms with Crippen LogP contribution in [0.4, 0.5) is 5.69 Å². The van der Waals surface area contributed by atoms with Crippen LogP contribution in [-0.4, -0.2) is 0 Å². The average molecular weight is 195 g/mol. The van der Waals surface area contributed by atoms with Gasteiger partial charge in [0.2, 0.25) is 0 Å². The van der Waals surface area contributed by atoms with Crippen molar-refractivity contribution in [1.29, 1.82) is 0 Å². The van der Waals surface area contributed by atoms with Crippen LogP contribution in [0.2, 0.25) is 0 Å². The highest BCUT2D eigenvalue weighted by atomic mass is 14.9. The largest absolute Gasteiger partial charge is 0.398 e. The van der Waals surface area contributed by atoms with E-state index in [0.717, 1.165) is 53.0 Å². The summed E-state index contributed by atoms with van der Waals surface area (Å²) in [6.07, 6.45) is 0. The molecule has 4 saturated carbocycles. The maximum Gasteiger partial charge on any atom is 0.0352 e. The molecule has 1 aromatic carbocycles. The van der Waals surface area contributed by atoms with E-state index in [1.165, 1.54) is 5.56 Å². The first-order chi connectivity index (χ1) is 7.38. The molecule has 8 aliphatic carbocycles. The van der Waals surface area contributed by atoms with Gasteiger partial charge in [-0.3, -0.25) is 0 Å². The minimum absolute atomic E-state index is 0.876. The number of hydrogen-bond acceptors (Lipinski definition) is 1. The first-order valence-electron chi connectivity index (χ1n) is 6.27. The number of rotatable bonds is 0. The van der Waals surface area contributed by atoms with Crippen LogP contribution in [0.1, 0.15) is 23.0 Å². The van der Waals surface area contributed by atoms with Gasteiger partial charge in [-0.05, 0) is 64.5 Å². The van der Waals surface area contributed by atoms with Crippen LogP contribution < -0.4 is 5.73 Å². The summed E-state index contributed by atoms with van der Waals surface area (Å²) in [5, 5.41) is 0. The lowest BCUT2D eigenvalue weighted by molar-refractivity contribution is -0.398. The molecule has 4 atom stereocenters. The van der Waals surface area contributed by atoms with E-state index < -0.39 is 0 Å². The van der Waals surface area contributed by atoms with Crippen molar-refractivity contribution in [2.45, 2.75) is 11.8 Å². The summed E-state index contributed by atoms with van der Waals surface area (Å²) in [5.41, 5.74) is 10.3. The van der Waals surface area contributed by atoms with Gasteiger partial charge in [-0.2, -0.15) is 0 Å². The van der Waals surface area contributed by atoms with Gasteiger partial charge in [0, 0.05) is 5.69 Å². The van der Waals surface area contributed by atoms with E-state index in [1.807, 2.05) is 0 Å². The number of nitrogen functional groups attached to an aromatic ring is 1. The predicted octanol–water partition coefficient (Wildman–Crippen LogP) is 2.20. The second-order valence-electron chi connectivity index (χ2n) is 6.40. The summed E-state index contributed by atoms with van der Waals surface area (Å²) in [6, 6.07) is 6.97. The molecule has 15 heavy (non-hydrogen) atoms. The molecule has 8 aliphatic rings. The lowest BCUT2D eigenvalue weighted by atomic mass is 9.13. The number of nitrogens with two attached hydrogens (primary N) is 1. The Kier molecular flexibility index (Phi) is 0.672. The number of benzene rings is 1. The number of hydrogen-bond donors (Lipinski definition) is 1. The van der Waals surface area contributed by atoms with E-state index >= 15 is 0 Å². The van der Waals surface area contributed by atoms with Gasteiger partial charge < -0.3 is 5.73 Å². The third-order valence-electron chi connectivity index (χ3n) is 6.62. The zero-order chi connectivity index (χ0) is 9.47. The molecular formula is C14H13N. The highest BCUT2D eigenvalue weighted by Gasteiger charge is 2.87. The lowest BCUT2D eigenvalue weighted by Gasteiger charge is -2.91. The van der Waals surface area contributed by atoms with Crippen LogP contribution in [0.15, 0.2) is 18.2 Å². The zero-order valence-electron chi connectivity index (χ0n) is 8.43. The van der Waals surface area contributed by atoms with Gasteiger partial charge in [0.1, 0.15) is 0 Å². The van der Waals surface area contributed by atoms with Gasteiger partial charge in [0.05, 0.1) is 0 Å². The van der Waals surface area contributed by atoms with Crippen LogP contribution in [0.5, 0.6) is 0 Å². The Labute approximate surface area is 88.7 Å². The highest BCUT2D eigenvalue weighted by Crippen LogP contribution is 2.92. The van der Waals surface area contributed by atoms with E-state index in [4.69, 9.17) is 5.73 Å².